The van der Waals surface area contributed by atoms with Crippen LogP contribution in [0.2, 0.25) is 0 Å². The lowest BCUT2D eigenvalue weighted by atomic mass is 9.98. The third kappa shape index (κ3) is 6.13. The monoisotopic (exact) mass is 375 g/mol. The second-order valence-electron chi connectivity index (χ2n) is 6.30. The van der Waals surface area contributed by atoms with Gasteiger partial charge in [0.2, 0.25) is 5.91 Å². The van der Waals surface area contributed by atoms with Crippen LogP contribution < -0.4 is 4.74 Å². The van der Waals surface area contributed by atoms with Crippen molar-refractivity contribution in [2.24, 2.45) is 0 Å². The fourth-order valence-corrected chi connectivity index (χ4v) is 2.97. The molecule has 0 N–H and O–H groups in total. The van der Waals surface area contributed by atoms with Gasteiger partial charge in [-0.1, -0.05) is 18.2 Å². The highest BCUT2D eigenvalue weighted by molar-refractivity contribution is 5.94. The fraction of sp³-hybridized carbons (Fsp3) is 0.450. The maximum Gasteiger partial charge on any atom is 0.315 e. The summed E-state index contributed by atoms with van der Waals surface area (Å²) in [6.07, 6.45) is 4.31. The number of methoxy groups -OCH3 is 2. The Bertz CT molecular complexity index is 697. The topological polar surface area (TPSA) is 82.1 Å². The molecule has 0 spiro atoms. The molecule has 2 rings (SSSR count). The summed E-state index contributed by atoms with van der Waals surface area (Å²) in [5.41, 5.74) is 0.921. The predicted octanol–water partition coefficient (Wildman–Crippen LogP) is 2.24. The second kappa shape index (κ2) is 9.75. The normalized spacial score (nSPS) is 18.5. The standard InChI is InChI=1S/C20H25NO6/c1-14(22)27-18-10-6-16(7-11-18)21(19(23)12-20(24)26-3)13-15-4-8-17(25-2)9-5-15/h4-6,8-10,16,18H,7,11-13H2,1-3H3/t16-,18+/m0/s1. The first-order valence-corrected chi connectivity index (χ1v) is 8.77. The van der Waals surface area contributed by atoms with Crippen LogP contribution in [0.5, 0.6) is 5.75 Å². The Balaban J connectivity index is 2.15. The number of carbonyl (C=O) groups is 3. The van der Waals surface area contributed by atoms with Crippen LogP contribution in [-0.2, 0) is 30.4 Å². The number of ether oxygens (including phenoxy) is 3. The molecule has 7 heteroatoms. The van der Waals surface area contributed by atoms with Crippen LogP contribution in [0.4, 0.5) is 0 Å². The molecule has 0 aromatic heterocycles. The fourth-order valence-electron chi connectivity index (χ4n) is 2.97. The van der Waals surface area contributed by atoms with Gasteiger partial charge in [0, 0.05) is 13.5 Å². The maximum absolute atomic E-state index is 12.7. The Morgan fingerprint density at radius 2 is 1.78 bits per heavy atom. The van der Waals surface area contributed by atoms with Gasteiger partial charge in [-0.3, -0.25) is 14.4 Å². The summed E-state index contributed by atoms with van der Waals surface area (Å²) in [6.45, 7) is 1.73. The highest BCUT2D eigenvalue weighted by Gasteiger charge is 2.27. The molecule has 0 saturated heterocycles. The number of carbonyl (C=O) groups excluding carboxylic acids is 3. The number of amides is 1. The van der Waals surface area contributed by atoms with Crippen molar-refractivity contribution in [3.8, 4) is 5.75 Å². The summed E-state index contributed by atoms with van der Waals surface area (Å²) in [4.78, 5) is 37.0. The lowest BCUT2D eigenvalue weighted by Gasteiger charge is -2.33. The number of rotatable bonds is 7. The Morgan fingerprint density at radius 1 is 1.07 bits per heavy atom. The zero-order valence-corrected chi connectivity index (χ0v) is 15.8. The summed E-state index contributed by atoms with van der Waals surface area (Å²) in [5, 5.41) is 0. The van der Waals surface area contributed by atoms with Gasteiger partial charge >= 0.3 is 11.9 Å². The molecule has 1 aliphatic rings. The van der Waals surface area contributed by atoms with Crippen LogP contribution in [0, 0.1) is 0 Å². The molecule has 1 aromatic carbocycles. The van der Waals surface area contributed by atoms with Crippen LogP contribution in [0.1, 0.15) is 31.7 Å². The minimum Gasteiger partial charge on any atom is -0.497 e. The van der Waals surface area contributed by atoms with E-state index in [0.29, 0.717) is 19.4 Å². The molecule has 2 atom stereocenters. The van der Waals surface area contributed by atoms with E-state index in [-0.39, 0.29) is 30.4 Å². The predicted molar refractivity (Wildman–Crippen MR) is 97.9 cm³/mol. The maximum atomic E-state index is 12.7. The van der Waals surface area contributed by atoms with Crippen molar-refractivity contribution < 1.29 is 28.6 Å². The first kappa shape index (κ1) is 20.5. The van der Waals surface area contributed by atoms with Gasteiger partial charge in [-0.05, 0) is 36.6 Å². The minimum atomic E-state index is -0.572. The van der Waals surface area contributed by atoms with Crippen molar-refractivity contribution in [2.45, 2.75) is 44.9 Å². The Labute approximate surface area is 158 Å². The summed E-state index contributed by atoms with van der Waals surface area (Å²) in [7, 11) is 2.85. The molecule has 0 unspecified atom stereocenters. The molecule has 27 heavy (non-hydrogen) atoms. The van der Waals surface area contributed by atoms with Crippen molar-refractivity contribution in [3.05, 3.63) is 42.0 Å². The lowest BCUT2D eigenvalue weighted by Crippen LogP contribution is -2.41. The van der Waals surface area contributed by atoms with Gasteiger partial charge in [0.05, 0.1) is 20.3 Å². The summed E-state index contributed by atoms with van der Waals surface area (Å²) in [6, 6.07) is 7.23. The van der Waals surface area contributed by atoms with E-state index in [9.17, 15) is 14.4 Å². The number of esters is 2. The van der Waals surface area contributed by atoms with Crippen molar-refractivity contribution in [1.82, 2.24) is 4.90 Å². The SMILES string of the molecule is COC(=O)CC(=O)N(Cc1ccc(OC)cc1)[C@H]1C=C[C@@H](OC(C)=O)CC1. The van der Waals surface area contributed by atoms with E-state index in [1.165, 1.54) is 14.0 Å². The van der Waals surface area contributed by atoms with E-state index in [1.54, 1.807) is 18.1 Å². The van der Waals surface area contributed by atoms with E-state index >= 15 is 0 Å². The molecule has 146 valence electrons. The molecule has 0 aliphatic heterocycles. The highest BCUT2D eigenvalue weighted by Crippen LogP contribution is 2.23. The average molecular weight is 375 g/mol. The number of hydrogen-bond acceptors (Lipinski definition) is 6. The van der Waals surface area contributed by atoms with Gasteiger partial charge < -0.3 is 19.1 Å². The molecule has 0 saturated carbocycles. The van der Waals surface area contributed by atoms with Crippen molar-refractivity contribution in [1.29, 1.82) is 0 Å². The smallest absolute Gasteiger partial charge is 0.315 e. The summed E-state index contributed by atoms with van der Waals surface area (Å²) >= 11 is 0. The molecule has 1 amide bonds. The quantitative estimate of drug-likeness (QED) is 0.413. The highest BCUT2D eigenvalue weighted by atomic mass is 16.5. The Morgan fingerprint density at radius 3 is 2.30 bits per heavy atom. The van der Waals surface area contributed by atoms with E-state index in [4.69, 9.17) is 9.47 Å². The number of hydrogen-bond donors (Lipinski definition) is 0. The van der Waals surface area contributed by atoms with E-state index in [1.807, 2.05) is 30.3 Å². The van der Waals surface area contributed by atoms with Gasteiger partial charge in [0.25, 0.3) is 0 Å². The number of benzene rings is 1. The lowest BCUT2D eigenvalue weighted by molar-refractivity contribution is -0.149. The van der Waals surface area contributed by atoms with Crippen LogP contribution in [-0.4, -0.2) is 49.1 Å². The van der Waals surface area contributed by atoms with E-state index in [2.05, 4.69) is 4.74 Å². The summed E-state index contributed by atoms with van der Waals surface area (Å²) < 4.78 is 15.0. The molecular weight excluding hydrogens is 350 g/mol. The van der Waals surface area contributed by atoms with Crippen molar-refractivity contribution in [2.75, 3.05) is 14.2 Å². The van der Waals surface area contributed by atoms with E-state index in [0.717, 1.165) is 11.3 Å². The van der Waals surface area contributed by atoms with Crippen molar-refractivity contribution in [3.63, 3.8) is 0 Å². The molecule has 0 bridgehead atoms. The van der Waals surface area contributed by atoms with Gasteiger partial charge in [-0.2, -0.15) is 0 Å². The van der Waals surface area contributed by atoms with Crippen molar-refractivity contribution >= 4 is 17.8 Å². The first-order valence-electron chi connectivity index (χ1n) is 8.77. The Hall–Kier alpha value is -2.83. The zero-order valence-electron chi connectivity index (χ0n) is 15.8. The zero-order chi connectivity index (χ0) is 19.8. The third-order valence-electron chi connectivity index (χ3n) is 4.37. The third-order valence-corrected chi connectivity index (χ3v) is 4.37. The molecule has 0 heterocycles. The molecular formula is C20H25NO6. The Kier molecular flexibility index (Phi) is 7.40. The van der Waals surface area contributed by atoms with Crippen LogP contribution in [0.3, 0.4) is 0 Å². The summed E-state index contributed by atoms with van der Waals surface area (Å²) in [5.74, 6) is -0.483. The van der Waals surface area contributed by atoms with Crippen LogP contribution >= 0.6 is 0 Å². The molecule has 1 aromatic rings. The molecule has 7 nitrogen and oxygen atoms in total. The van der Waals surface area contributed by atoms with Gasteiger partial charge in [-0.15, -0.1) is 0 Å². The van der Waals surface area contributed by atoms with Gasteiger partial charge in [0.1, 0.15) is 18.3 Å². The van der Waals surface area contributed by atoms with Gasteiger partial charge in [0.15, 0.2) is 0 Å². The average Bonchev–Trinajstić information content (AvgIpc) is 2.66. The second-order valence-corrected chi connectivity index (χ2v) is 6.30. The van der Waals surface area contributed by atoms with Gasteiger partial charge in [-0.25, -0.2) is 0 Å². The molecule has 0 radical (unpaired) electrons. The minimum absolute atomic E-state index is 0.184. The molecule has 0 fully saturated rings. The molecule has 1 aliphatic carbocycles. The van der Waals surface area contributed by atoms with Crippen LogP contribution in [0.25, 0.3) is 0 Å². The first-order chi connectivity index (χ1) is 12.9. The largest absolute Gasteiger partial charge is 0.497 e. The van der Waals surface area contributed by atoms with Crippen LogP contribution in [0.15, 0.2) is 36.4 Å². The van der Waals surface area contributed by atoms with E-state index < -0.39 is 5.97 Å². The number of nitrogens with zero attached hydrogens (tertiary/aromatic N) is 1.